The van der Waals surface area contributed by atoms with Crippen LogP contribution in [0.5, 0.6) is 0 Å². The molecule has 1 aromatic rings. The fourth-order valence-corrected chi connectivity index (χ4v) is 3.50. The Balaban J connectivity index is 1.49. The lowest BCUT2D eigenvalue weighted by atomic mass is 9.86. The zero-order chi connectivity index (χ0) is 15.4. The fourth-order valence-electron chi connectivity index (χ4n) is 3.50. The molecule has 22 heavy (non-hydrogen) atoms. The van der Waals surface area contributed by atoms with Gasteiger partial charge in [-0.15, -0.1) is 0 Å². The van der Waals surface area contributed by atoms with Gasteiger partial charge in [0, 0.05) is 37.1 Å². The predicted molar refractivity (Wildman–Crippen MR) is 92.5 cm³/mol. The van der Waals surface area contributed by atoms with Crippen LogP contribution in [0, 0.1) is 5.92 Å². The molecule has 0 aromatic heterocycles. The number of nitrogens with two attached hydrogens (primary N) is 1. The third kappa shape index (κ3) is 4.14. The molecule has 3 N–H and O–H groups in total. The summed E-state index contributed by atoms with van der Waals surface area (Å²) in [4.78, 5) is 2.40. The first-order valence-electron chi connectivity index (χ1n) is 8.67. The topological polar surface area (TPSA) is 50.5 Å². The lowest BCUT2D eigenvalue weighted by molar-refractivity contribution is 0.0532. The molecule has 2 fully saturated rings. The highest BCUT2D eigenvalue weighted by Crippen LogP contribution is 2.24. The van der Waals surface area contributed by atoms with E-state index in [4.69, 9.17) is 10.5 Å². The van der Waals surface area contributed by atoms with Crippen LogP contribution in [0.25, 0.3) is 0 Å². The molecule has 1 atom stereocenters. The zero-order valence-electron chi connectivity index (χ0n) is 13.6. The fraction of sp³-hybridized carbons (Fsp3) is 0.667. The summed E-state index contributed by atoms with van der Waals surface area (Å²) >= 11 is 0. The van der Waals surface area contributed by atoms with Gasteiger partial charge in [0.25, 0.3) is 0 Å². The number of hydrogen-bond acceptors (Lipinski definition) is 4. The van der Waals surface area contributed by atoms with E-state index in [-0.39, 0.29) is 0 Å². The highest BCUT2D eigenvalue weighted by molar-refractivity contribution is 5.55. The smallest absolute Gasteiger partial charge is 0.0722 e. The molecule has 4 heteroatoms. The zero-order valence-corrected chi connectivity index (χ0v) is 13.6. The van der Waals surface area contributed by atoms with E-state index in [2.05, 4.69) is 41.4 Å². The number of rotatable bonds is 4. The largest absolute Gasteiger partial charge is 0.385 e. The average molecular weight is 303 g/mol. The van der Waals surface area contributed by atoms with E-state index in [0.29, 0.717) is 12.1 Å². The summed E-state index contributed by atoms with van der Waals surface area (Å²) in [5, 5.41) is 3.58. The molecule has 1 heterocycles. The van der Waals surface area contributed by atoms with Crippen molar-refractivity contribution in [3.63, 3.8) is 0 Å². The lowest BCUT2D eigenvalue weighted by Gasteiger charge is -2.33. The summed E-state index contributed by atoms with van der Waals surface area (Å²) in [6, 6.07) is 9.27. The van der Waals surface area contributed by atoms with Crippen LogP contribution in [-0.4, -0.2) is 38.4 Å². The Morgan fingerprint density at radius 1 is 1.18 bits per heavy atom. The molecule has 1 aliphatic heterocycles. The summed E-state index contributed by atoms with van der Waals surface area (Å²) in [5.74, 6) is 0.777. The van der Waals surface area contributed by atoms with Crippen LogP contribution in [0.2, 0.25) is 0 Å². The van der Waals surface area contributed by atoms with Crippen LogP contribution in [0.15, 0.2) is 24.3 Å². The first-order chi connectivity index (χ1) is 10.7. The Kier molecular flexibility index (Phi) is 5.21. The number of benzene rings is 1. The number of morpholine rings is 1. The monoisotopic (exact) mass is 303 g/mol. The van der Waals surface area contributed by atoms with Crippen molar-refractivity contribution >= 4 is 11.4 Å². The highest BCUT2D eigenvalue weighted by atomic mass is 16.5. The van der Waals surface area contributed by atoms with Gasteiger partial charge in [-0.1, -0.05) is 0 Å². The Morgan fingerprint density at radius 2 is 1.91 bits per heavy atom. The summed E-state index contributed by atoms with van der Waals surface area (Å²) in [7, 11) is 0. The van der Waals surface area contributed by atoms with Crippen LogP contribution in [0.3, 0.4) is 0 Å². The van der Waals surface area contributed by atoms with E-state index in [1.165, 1.54) is 37.1 Å². The molecule has 4 nitrogen and oxygen atoms in total. The highest BCUT2D eigenvalue weighted by Gasteiger charge is 2.19. The third-order valence-corrected chi connectivity index (χ3v) is 4.96. The first-order valence-corrected chi connectivity index (χ1v) is 8.67. The number of anilines is 2. The van der Waals surface area contributed by atoms with E-state index in [1.807, 2.05) is 0 Å². The molecule has 3 rings (SSSR count). The Labute approximate surface area is 134 Å². The molecule has 0 unspecified atom stereocenters. The maximum Gasteiger partial charge on any atom is 0.0722 e. The van der Waals surface area contributed by atoms with Crippen LogP contribution in [0.1, 0.15) is 32.6 Å². The van der Waals surface area contributed by atoms with Crippen molar-refractivity contribution in [1.29, 1.82) is 0 Å². The van der Waals surface area contributed by atoms with Gasteiger partial charge in [0.15, 0.2) is 0 Å². The van der Waals surface area contributed by atoms with Crippen molar-refractivity contribution in [2.24, 2.45) is 11.7 Å². The lowest BCUT2D eigenvalue weighted by Crippen LogP contribution is -2.41. The summed E-state index contributed by atoms with van der Waals surface area (Å²) in [6.07, 6.45) is 5.21. The minimum Gasteiger partial charge on any atom is -0.385 e. The molecule has 0 bridgehead atoms. The molecule has 1 aromatic carbocycles. The second kappa shape index (κ2) is 7.34. The van der Waals surface area contributed by atoms with E-state index in [0.717, 1.165) is 32.2 Å². The normalized spacial score (nSPS) is 29.4. The van der Waals surface area contributed by atoms with Crippen molar-refractivity contribution in [2.75, 3.05) is 36.5 Å². The van der Waals surface area contributed by atoms with E-state index in [9.17, 15) is 0 Å². The van der Waals surface area contributed by atoms with Gasteiger partial charge in [0.1, 0.15) is 0 Å². The van der Waals surface area contributed by atoms with Gasteiger partial charge in [-0.2, -0.15) is 0 Å². The maximum atomic E-state index is 5.97. The van der Waals surface area contributed by atoms with Crippen LogP contribution < -0.4 is 16.0 Å². The van der Waals surface area contributed by atoms with Crippen molar-refractivity contribution in [3.05, 3.63) is 24.3 Å². The minimum absolute atomic E-state index is 0.323. The summed E-state index contributed by atoms with van der Waals surface area (Å²) in [5.41, 5.74) is 8.49. The van der Waals surface area contributed by atoms with Crippen molar-refractivity contribution < 1.29 is 4.74 Å². The van der Waals surface area contributed by atoms with Gasteiger partial charge in [-0.05, 0) is 62.8 Å². The van der Waals surface area contributed by atoms with E-state index < -0.39 is 0 Å². The van der Waals surface area contributed by atoms with Crippen molar-refractivity contribution in [3.8, 4) is 0 Å². The molecule has 0 radical (unpaired) electrons. The quantitative estimate of drug-likeness (QED) is 0.898. The molecule has 2 aliphatic rings. The summed E-state index contributed by atoms with van der Waals surface area (Å²) in [6.45, 7) is 6.00. The van der Waals surface area contributed by atoms with Gasteiger partial charge in [0.05, 0.1) is 12.7 Å². The number of hydrogen-bond donors (Lipinski definition) is 2. The van der Waals surface area contributed by atoms with Crippen molar-refractivity contribution in [2.45, 2.75) is 44.8 Å². The SMILES string of the molecule is C[C@@H]1CN(c2ccc(NCC3CCC(N)CC3)cc2)CCO1. The molecule has 1 saturated heterocycles. The van der Waals surface area contributed by atoms with Crippen molar-refractivity contribution in [1.82, 2.24) is 0 Å². The number of nitrogens with one attached hydrogen (secondary N) is 1. The number of nitrogens with zero attached hydrogens (tertiary/aromatic N) is 1. The maximum absolute atomic E-state index is 5.97. The van der Waals surface area contributed by atoms with Crippen LogP contribution in [-0.2, 0) is 4.74 Å². The standard InChI is InChI=1S/C18H29N3O/c1-14-13-21(10-11-22-14)18-8-6-17(7-9-18)20-12-15-2-4-16(19)5-3-15/h6-9,14-16,20H,2-5,10-13,19H2,1H3/t14-,15?,16?/m1/s1. The Morgan fingerprint density at radius 3 is 2.59 bits per heavy atom. The summed E-state index contributed by atoms with van der Waals surface area (Å²) < 4.78 is 5.60. The van der Waals surface area contributed by atoms with E-state index in [1.54, 1.807) is 0 Å². The van der Waals surface area contributed by atoms with E-state index >= 15 is 0 Å². The van der Waals surface area contributed by atoms with Gasteiger partial charge in [-0.25, -0.2) is 0 Å². The molecule has 1 aliphatic carbocycles. The van der Waals surface area contributed by atoms with Crippen LogP contribution >= 0.6 is 0 Å². The second-order valence-corrected chi connectivity index (χ2v) is 6.84. The molecule has 0 amide bonds. The van der Waals surface area contributed by atoms with Gasteiger partial charge in [0.2, 0.25) is 0 Å². The molecular weight excluding hydrogens is 274 g/mol. The molecular formula is C18H29N3O. The number of ether oxygens (including phenoxy) is 1. The van der Waals surface area contributed by atoms with Crippen LogP contribution in [0.4, 0.5) is 11.4 Å². The predicted octanol–water partition coefficient (Wildman–Crippen LogP) is 2.84. The molecule has 1 saturated carbocycles. The first kappa shape index (κ1) is 15.6. The van der Waals surface area contributed by atoms with Gasteiger partial charge >= 0.3 is 0 Å². The van der Waals surface area contributed by atoms with Gasteiger partial charge < -0.3 is 20.7 Å². The minimum atomic E-state index is 0.323. The molecule has 122 valence electrons. The molecule has 0 spiro atoms. The second-order valence-electron chi connectivity index (χ2n) is 6.84. The van der Waals surface area contributed by atoms with Gasteiger partial charge in [-0.3, -0.25) is 0 Å². The Bertz CT molecular complexity index is 454. The third-order valence-electron chi connectivity index (χ3n) is 4.96. The average Bonchev–Trinajstić information content (AvgIpc) is 2.55. The Hall–Kier alpha value is -1.26.